The molecule has 0 aromatic heterocycles. The second-order valence-corrected chi connectivity index (χ2v) is 4.72. The summed E-state index contributed by atoms with van der Waals surface area (Å²) < 4.78 is 0. The van der Waals surface area contributed by atoms with E-state index in [0.29, 0.717) is 0 Å². The number of allylic oxidation sites excluding steroid dienone is 1. The van der Waals surface area contributed by atoms with Crippen LogP contribution in [0, 0.1) is 5.92 Å². The number of rotatable bonds is 4. The van der Waals surface area contributed by atoms with E-state index in [4.69, 9.17) is 0 Å². The third kappa shape index (κ3) is 3.85. The minimum Gasteiger partial charge on any atom is -0.356 e. The first-order valence-corrected chi connectivity index (χ1v) is 5.78. The van der Waals surface area contributed by atoms with Crippen LogP contribution in [0.3, 0.4) is 0 Å². The van der Waals surface area contributed by atoms with Gasteiger partial charge in [0.1, 0.15) is 0 Å². The lowest BCUT2D eigenvalue weighted by Crippen LogP contribution is -2.28. The van der Waals surface area contributed by atoms with Crippen LogP contribution in [0.25, 0.3) is 0 Å². The molecular formula is C10H17NOS. The maximum atomic E-state index is 11.2. The van der Waals surface area contributed by atoms with Crippen molar-refractivity contribution < 1.29 is 4.79 Å². The first-order valence-electron chi connectivity index (χ1n) is 4.79. The first kappa shape index (κ1) is 10.6. The standard InChI is InChI=1S/C10H17NOS/c1-8(2)10(12)11-6-5-9-4-3-7-13-9/h4,8H,3,5-7H2,1-2H3,(H,11,12). The van der Waals surface area contributed by atoms with E-state index in [1.54, 1.807) is 0 Å². The summed E-state index contributed by atoms with van der Waals surface area (Å²) in [7, 11) is 0. The number of amides is 1. The Labute approximate surface area is 84.2 Å². The van der Waals surface area contributed by atoms with Gasteiger partial charge in [0.05, 0.1) is 0 Å². The van der Waals surface area contributed by atoms with E-state index in [1.807, 2.05) is 25.6 Å². The molecule has 0 unspecified atom stereocenters. The molecule has 1 rings (SSSR count). The molecule has 1 aliphatic rings. The van der Waals surface area contributed by atoms with Gasteiger partial charge in [-0.2, -0.15) is 0 Å². The Bertz CT molecular complexity index is 211. The van der Waals surface area contributed by atoms with Crippen LogP contribution in [0.2, 0.25) is 0 Å². The highest BCUT2D eigenvalue weighted by atomic mass is 32.2. The lowest BCUT2D eigenvalue weighted by molar-refractivity contribution is -0.123. The van der Waals surface area contributed by atoms with Crippen LogP contribution in [0.5, 0.6) is 0 Å². The summed E-state index contributed by atoms with van der Waals surface area (Å²) >= 11 is 1.91. The number of carbonyl (C=O) groups excluding carboxylic acids is 1. The predicted octanol–water partition coefficient (Wildman–Crippen LogP) is 2.17. The molecule has 1 heterocycles. The van der Waals surface area contributed by atoms with Crippen LogP contribution in [0.15, 0.2) is 11.0 Å². The molecule has 0 saturated heterocycles. The average molecular weight is 199 g/mol. The number of nitrogens with one attached hydrogen (secondary N) is 1. The normalized spacial score (nSPS) is 16.1. The molecule has 0 aliphatic carbocycles. The summed E-state index contributed by atoms with van der Waals surface area (Å²) in [4.78, 5) is 12.6. The number of hydrogen-bond acceptors (Lipinski definition) is 2. The Morgan fingerprint density at radius 3 is 3.00 bits per heavy atom. The zero-order chi connectivity index (χ0) is 9.68. The molecule has 0 bridgehead atoms. The van der Waals surface area contributed by atoms with Crippen molar-refractivity contribution in [3.05, 3.63) is 11.0 Å². The van der Waals surface area contributed by atoms with E-state index >= 15 is 0 Å². The SMILES string of the molecule is CC(C)C(=O)NCCC1=CCCS1. The summed E-state index contributed by atoms with van der Waals surface area (Å²) in [6.07, 6.45) is 4.47. The zero-order valence-electron chi connectivity index (χ0n) is 8.30. The van der Waals surface area contributed by atoms with Gasteiger partial charge in [-0.3, -0.25) is 4.79 Å². The first-order chi connectivity index (χ1) is 6.20. The van der Waals surface area contributed by atoms with Crippen LogP contribution >= 0.6 is 11.8 Å². The molecule has 2 nitrogen and oxygen atoms in total. The van der Waals surface area contributed by atoms with Crippen molar-refractivity contribution in [2.75, 3.05) is 12.3 Å². The van der Waals surface area contributed by atoms with Crippen LogP contribution in [0.4, 0.5) is 0 Å². The van der Waals surface area contributed by atoms with Crippen LogP contribution < -0.4 is 5.32 Å². The van der Waals surface area contributed by atoms with Gasteiger partial charge in [-0.15, -0.1) is 11.8 Å². The smallest absolute Gasteiger partial charge is 0.222 e. The third-order valence-corrected chi connectivity index (χ3v) is 3.15. The Morgan fingerprint density at radius 1 is 1.69 bits per heavy atom. The molecule has 0 aromatic rings. The van der Waals surface area contributed by atoms with Gasteiger partial charge in [0.25, 0.3) is 0 Å². The lowest BCUT2D eigenvalue weighted by Gasteiger charge is -2.07. The molecule has 1 amide bonds. The van der Waals surface area contributed by atoms with E-state index in [-0.39, 0.29) is 11.8 Å². The molecule has 13 heavy (non-hydrogen) atoms. The fourth-order valence-corrected chi connectivity index (χ4v) is 2.14. The minimum atomic E-state index is 0.102. The minimum absolute atomic E-state index is 0.102. The van der Waals surface area contributed by atoms with E-state index in [2.05, 4.69) is 11.4 Å². The molecule has 0 spiro atoms. The Morgan fingerprint density at radius 2 is 2.46 bits per heavy atom. The highest BCUT2D eigenvalue weighted by molar-refractivity contribution is 8.03. The molecule has 0 radical (unpaired) electrons. The number of hydrogen-bond donors (Lipinski definition) is 1. The summed E-state index contributed by atoms with van der Waals surface area (Å²) in [6.45, 7) is 4.62. The van der Waals surface area contributed by atoms with Crippen molar-refractivity contribution >= 4 is 17.7 Å². The molecule has 0 saturated carbocycles. The summed E-state index contributed by atoms with van der Waals surface area (Å²) in [5, 5.41) is 2.92. The topological polar surface area (TPSA) is 29.1 Å². The lowest BCUT2D eigenvalue weighted by atomic mass is 10.2. The molecule has 0 atom stereocenters. The highest BCUT2D eigenvalue weighted by Crippen LogP contribution is 2.26. The van der Waals surface area contributed by atoms with Gasteiger partial charge in [-0.05, 0) is 17.7 Å². The van der Waals surface area contributed by atoms with Crippen molar-refractivity contribution in [1.82, 2.24) is 5.32 Å². The Kier molecular flexibility index (Phi) is 4.36. The van der Waals surface area contributed by atoms with Crippen molar-refractivity contribution in [2.45, 2.75) is 26.7 Å². The van der Waals surface area contributed by atoms with E-state index in [9.17, 15) is 4.79 Å². The second kappa shape index (κ2) is 5.32. The number of thioether (sulfide) groups is 1. The molecule has 0 fully saturated rings. The van der Waals surface area contributed by atoms with Gasteiger partial charge in [0.2, 0.25) is 5.91 Å². The van der Waals surface area contributed by atoms with Crippen molar-refractivity contribution in [1.29, 1.82) is 0 Å². The van der Waals surface area contributed by atoms with Gasteiger partial charge in [0.15, 0.2) is 0 Å². The zero-order valence-corrected chi connectivity index (χ0v) is 9.12. The van der Waals surface area contributed by atoms with Gasteiger partial charge in [-0.1, -0.05) is 19.9 Å². The van der Waals surface area contributed by atoms with Gasteiger partial charge < -0.3 is 5.32 Å². The monoisotopic (exact) mass is 199 g/mol. The van der Waals surface area contributed by atoms with Crippen molar-refractivity contribution in [3.63, 3.8) is 0 Å². The molecule has 74 valence electrons. The van der Waals surface area contributed by atoms with Gasteiger partial charge in [-0.25, -0.2) is 0 Å². The average Bonchev–Trinajstić information content (AvgIpc) is 2.56. The predicted molar refractivity (Wildman–Crippen MR) is 57.6 cm³/mol. The van der Waals surface area contributed by atoms with Crippen LogP contribution in [-0.2, 0) is 4.79 Å². The maximum Gasteiger partial charge on any atom is 0.222 e. The largest absolute Gasteiger partial charge is 0.356 e. The van der Waals surface area contributed by atoms with Gasteiger partial charge >= 0.3 is 0 Å². The summed E-state index contributed by atoms with van der Waals surface area (Å²) in [5.74, 6) is 1.47. The fraction of sp³-hybridized carbons (Fsp3) is 0.700. The third-order valence-electron chi connectivity index (χ3n) is 1.97. The summed E-state index contributed by atoms with van der Waals surface area (Å²) in [6, 6.07) is 0. The molecule has 1 aliphatic heterocycles. The molecular weight excluding hydrogens is 182 g/mol. The Hall–Kier alpha value is -0.440. The van der Waals surface area contributed by atoms with Crippen molar-refractivity contribution in [3.8, 4) is 0 Å². The molecule has 1 N–H and O–H groups in total. The van der Waals surface area contributed by atoms with E-state index < -0.39 is 0 Å². The van der Waals surface area contributed by atoms with Gasteiger partial charge in [0, 0.05) is 18.2 Å². The molecule has 3 heteroatoms. The van der Waals surface area contributed by atoms with E-state index in [1.165, 1.54) is 17.1 Å². The quantitative estimate of drug-likeness (QED) is 0.752. The summed E-state index contributed by atoms with van der Waals surface area (Å²) in [5.41, 5.74) is 0. The second-order valence-electron chi connectivity index (χ2n) is 3.50. The Balaban J connectivity index is 2.10. The van der Waals surface area contributed by atoms with E-state index in [0.717, 1.165) is 13.0 Å². The van der Waals surface area contributed by atoms with Crippen LogP contribution in [0.1, 0.15) is 26.7 Å². The maximum absolute atomic E-state index is 11.2. The highest BCUT2D eigenvalue weighted by Gasteiger charge is 2.07. The molecule has 0 aromatic carbocycles. The van der Waals surface area contributed by atoms with Crippen molar-refractivity contribution in [2.24, 2.45) is 5.92 Å². The number of carbonyl (C=O) groups is 1. The van der Waals surface area contributed by atoms with Crippen LogP contribution in [-0.4, -0.2) is 18.2 Å². The fourth-order valence-electron chi connectivity index (χ4n) is 1.16.